The Bertz CT molecular complexity index is 117. The summed E-state index contributed by atoms with van der Waals surface area (Å²) in [6, 6.07) is 0. The Labute approximate surface area is 68.3 Å². The second-order valence-corrected chi connectivity index (χ2v) is 2.27. The van der Waals surface area contributed by atoms with Gasteiger partial charge in [0.25, 0.3) is 0 Å². The van der Waals surface area contributed by atoms with Gasteiger partial charge in [-0.25, -0.2) is 0 Å². The lowest BCUT2D eigenvalue weighted by molar-refractivity contribution is -0.135. The van der Waals surface area contributed by atoms with Crippen molar-refractivity contribution in [2.45, 2.75) is 25.4 Å². The Morgan fingerprint density at radius 1 is 1.17 bits per heavy atom. The average Bonchev–Trinajstić information content (AvgIpc) is 1.83. The quantitative estimate of drug-likeness (QED) is 0.490. The van der Waals surface area contributed by atoms with Gasteiger partial charge < -0.3 is 14.7 Å². The lowest BCUT2D eigenvalue weighted by Crippen LogP contribution is -2.17. The van der Waals surface area contributed by atoms with Crippen molar-refractivity contribution >= 4 is 7.32 Å². The van der Waals surface area contributed by atoms with E-state index < -0.39 is 19.9 Å². The van der Waals surface area contributed by atoms with Crippen molar-refractivity contribution in [1.29, 1.82) is 0 Å². The molecule has 0 spiro atoms. The minimum atomic E-state index is -4.14. The van der Waals surface area contributed by atoms with Crippen LogP contribution in [-0.4, -0.2) is 30.2 Å². The van der Waals surface area contributed by atoms with Crippen molar-refractivity contribution in [3.63, 3.8) is 0 Å². The Morgan fingerprint density at radius 2 is 1.75 bits per heavy atom. The van der Waals surface area contributed by atoms with E-state index in [1.54, 1.807) is 0 Å². The fourth-order valence-corrected chi connectivity index (χ4v) is 0.616. The predicted molar refractivity (Wildman–Crippen MR) is 36.0 cm³/mol. The maximum atomic E-state index is 11.5. The summed E-state index contributed by atoms with van der Waals surface area (Å²) in [6.07, 6.45) is -4.90. The standard InChI is InChI=1S/C5H10BF3O3/c7-5(8,9)3-1-2-4-12-6(10)11/h10-11H,1-4H2. The Morgan fingerprint density at radius 3 is 2.17 bits per heavy atom. The Balaban J connectivity index is 3.12. The molecule has 0 amide bonds. The van der Waals surface area contributed by atoms with E-state index in [9.17, 15) is 13.2 Å². The summed E-state index contributed by atoms with van der Waals surface area (Å²) in [5, 5.41) is 16.2. The van der Waals surface area contributed by atoms with Gasteiger partial charge in [-0.2, -0.15) is 13.2 Å². The van der Waals surface area contributed by atoms with E-state index >= 15 is 0 Å². The zero-order valence-corrected chi connectivity index (χ0v) is 6.34. The van der Waals surface area contributed by atoms with E-state index in [4.69, 9.17) is 10.0 Å². The van der Waals surface area contributed by atoms with Gasteiger partial charge >= 0.3 is 13.5 Å². The van der Waals surface area contributed by atoms with Crippen LogP contribution in [0.25, 0.3) is 0 Å². The van der Waals surface area contributed by atoms with Crippen molar-refractivity contribution in [2.24, 2.45) is 0 Å². The molecule has 2 N–H and O–H groups in total. The molecular formula is C5H10BF3O3. The molecule has 12 heavy (non-hydrogen) atoms. The van der Waals surface area contributed by atoms with Gasteiger partial charge in [0.1, 0.15) is 0 Å². The van der Waals surface area contributed by atoms with E-state index in [1.165, 1.54) is 0 Å². The molecule has 0 heterocycles. The highest BCUT2D eigenvalue weighted by atomic mass is 19.4. The number of hydrogen-bond acceptors (Lipinski definition) is 3. The first kappa shape index (κ1) is 11.7. The molecule has 0 aliphatic heterocycles. The third-order valence-electron chi connectivity index (χ3n) is 1.12. The van der Waals surface area contributed by atoms with E-state index in [2.05, 4.69) is 4.65 Å². The molecule has 0 atom stereocenters. The second-order valence-electron chi connectivity index (χ2n) is 2.27. The average molecular weight is 186 g/mol. The van der Waals surface area contributed by atoms with Crippen LogP contribution in [0.3, 0.4) is 0 Å². The van der Waals surface area contributed by atoms with Gasteiger partial charge in [-0.3, -0.25) is 0 Å². The molecule has 3 nitrogen and oxygen atoms in total. The maximum absolute atomic E-state index is 11.5. The van der Waals surface area contributed by atoms with Crippen LogP contribution in [0.2, 0.25) is 0 Å². The van der Waals surface area contributed by atoms with Crippen LogP contribution in [0.5, 0.6) is 0 Å². The molecule has 0 rings (SSSR count). The zero-order valence-electron chi connectivity index (χ0n) is 6.34. The molecule has 0 radical (unpaired) electrons. The molecule has 0 aromatic heterocycles. The smallest absolute Gasteiger partial charge is 0.402 e. The highest BCUT2D eigenvalue weighted by molar-refractivity contribution is 6.32. The molecule has 0 unspecified atom stereocenters. The van der Waals surface area contributed by atoms with Crippen LogP contribution < -0.4 is 0 Å². The van der Waals surface area contributed by atoms with Gasteiger partial charge in [0.05, 0.1) is 0 Å². The molecule has 0 aromatic carbocycles. The minimum Gasteiger partial charge on any atom is -0.402 e. The first-order chi connectivity index (χ1) is 5.42. The van der Waals surface area contributed by atoms with E-state index in [1.807, 2.05) is 0 Å². The lowest BCUT2D eigenvalue weighted by atomic mass is 10.2. The lowest BCUT2D eigenvalue weighted by Gasteiger charge is -2.05. The van der Waals surface area contributed by atoms with E-state index in [0.717, 1.165) is 0 Å². The van der Waals surface area contributed by atoms with Crippen LogP contribution in [0.15, 0.2) is 0 Å². The predicted octanol–water partition coefficient (Wildman–Crippen LogP) is 0.705. The summed E-state index contributed by atoms with van der Waals surface area (Å²) >= 11 is 0. The molecule has 0 aromatic rings. The first-order valence-corrected chi connectivity index (χ1v) is 3.46. The number of hydrogen-bond donors (Lipinski definition) is 2. The normalized spacial score (nSPS) is 11.8. The van der Waals surface area contributed by atoms with Gasteiger partial charge in [-0.15, -0.1) is 0 Å². The molecule has 0 aliphatic rings. The fourth-order valence-electron chi connectivity index (χ4n) is 0.616. The Kier molecular flexibility index (Phi) is 5.27. The molecule has 0 aliphatic carbocycles. The summed E-state index contributed by atoms with van der Waals surface area (Å²) in [7, 11) is -1.89. The van der Waals surface area contributed by atoms with Crippen molar-refractivity contribution in [1.82, 2.24) is 0 Å². The molecule has 7 heteroatoms. The number of unbranched alkanes of at least 4 members (excludes halogenated alkanes) is 1. The summed E-state index contributed by atoms with van der Waals surface area (Å²) in [4.78, 5) is 0. The Hall–Kier alpha value is -0.265. The third-order valence-corrected chi connectivity index (χ3v) is 1.12. The van der Waals surface area contributed by atoms with E-state index in [0.29, 0.717) is 0 Å². The van der Waals surface area contributed by atoms with Crippen molar-refractivity contribution < 1.29 is 27.9 Å². The van der Waals surface area contributed by atoms with Crippen molar-refractivity contribution in [3.8, 4) is 0 Å². The van der Waals surface area contributed by atoms with Gasteiger partial charge in [0.15, 0.2) is 0 Å². The molecule has 0 saturated heterocycles. The SMILES string of the molecule is OB(O)OCCCCC(F)(F)F. The summed E-state index contributed by atoms with van der Waals surface area (Å²) in [5.41, 5.74) is 0. The summed E-state index contributed by atoms with van der Waals surface area (Å²) in [6.45, 7) is -0.0756. The van der Waals surface area contributed by atoms with Crippen LogP contribution in [-0.2, 0) is 4.65 Å². The van der Waals surface area contributed by atoms with Crippen LogP contribution >= 0.6 is 0 Å². The third kappa shape index (κ3) is 9.73. The van der Waals surface area contributed by atoms with E-state index in [-0.39, 0.29) is 19.4 Å². The van der Waals surface area contributed by atoms with Gasteiger partial charge in [0, 0.05) is 13.0 Å². The summed E-state index contributed by atoms with van der Waals surface area (Å²) < 4.78 is 38.7. The van der Waals surface area contributed by atoms with Crippen LogP contribution in [0.4, 0.5) is 13.2 Å². The highest BCUT2D eigenvalue weighted by Gasteiger charge is 2.25. The topological polar surface area (TPSA) is 49.7 Å². The van der Waals surface area contributed by atoms with Crippen molar-refractivity contribution in [3.05, 3.63) is 0 Å². The zero-order chi connectivity index (χ0) is 9.61. The fraction of sp³-hybridized carbons (Fsp3) is 1.00. The molecule has 0 fully saturated rings. The highest BCUT2D eigenvalue weighted by Crippen LogP contribution is 2.21. The second kappa shape index (κ2) is 5.39. The first-order valence-electron chi connectivity index (χ1n) is 3.46. The van der Waals surface area contributed by atoms with Gasteiger partial charge in [-0.05, 0) is 12.8 Å². The van der Waals surface area contributed by atoms with Crippen molar-refractivity contribution in [2.75, 3.05) is 6.61 Å². The maximum Gasteiger partial charge on any atom is 0.633 e. The largest absolute Gasteiger partial charge is 0.633 e. The number of alkyl halides is 3. The number of rotatable bonds is 5. The van der Waals surface area contributed by atoms with Crippen LogP contribution in [0, 0.1) is 0 Å². The number of halogens is 3. The minimum absolute atomic E-state index is 0.0593. The summed E-state index contributed by atoms with van der Waals surface area (Å²) in [5.74, 6) is 0. The molecule has 0 bridgehead atoms. The monoisotopic (exact) mass is 186 g/mol. The molecule has 0 saturated carbocycles. The molecular weight excluding hydrogens is 176 g/mol. The van der Waals surface area contributed by atoms with Gasteiger partial charge in [-0.1, -0.05) is 0 Å². The van der Waals surface area contributed by atoms with Gasteiger partial charge in [0.2, 0.25) is 0 Å². The van der Waals surface area contributed by atoms with Crippen LogP contribution in [0.1, 0.15) is 19.3 Å². The molecule has 72 valence electrons.